The van der Waals surface area contributed by atoms with E-state index in [9.17, 15) is 9.18 Å². The fourth-order valence-electron chi connectivity index (χ4n) is 1.48. The van der Waals surface area contributed by atoms with Gasteiger partial charge in [0, 0.05) is 6.42 Å². The van der Waals surface area contributed by atoms with Crippen molar-refractivity contribution >= 4 is 5.97 Å². The molecule has 1 aromatic carbocycles. The van der Waals surface area contributed by atoms with Crippen LogP contribution in [0.5, 0.6) is 0 Å². The van der Waals surface area contributed by atoms with E-state index in [1.807, 2.05) is 6.07 Å². The van der Waals surface area contributed by atoms with Crippen molar-refractivity contribution in [1.82, 2.24) is 0 Å². The summed E-state index contributed by atoms with van der Waals surface area (Å²) in [7, 11) is 1.34. The third kappa shape index (κ3) is 3.33. The van der Waals surface area contributed by atoms with Gasteiger partial charge in [-0.1, -0.05) is 26.0 Å². The summed E-state index contributed by atoms with van der Waals surface area (Å²) in [4.78, 5) is 11.0. The number of carbonyl (C=O) groups is 1. The Morgan fingerprint density at radius 1 is 1.44 bits per heavy atom. The second kappa shape index (κ2) is 5.64. The Hall–Kier alpha value is -1.38. The summed E-state index contributed by atoms with van der Waals surface area (Å²) in [5.41, 5.74) is 1.66. The summed E-state index contributed by atoms with van der Waals surface area (Å²) in [6.07, 6.45) is 0.605. The number of hydrogen-bond acceptors (Lipinski definition) is 2. The molecule has 1 rings (SSSR count). The number of ether oxygens (including phenoxy) is 1. The van der Waals surface area contributed by atoms with Crippen molar-refractivity contribution in [2.24, 2.45) is 0 Å². The largest absolute Gasteiger partial charge is 0.469 e. The summed E-state index contributed by atoms with van der Waals surface area (Å²) in [6, 6.07) is 5.06. The zero-order valence-corrected chi connectivity index (χ0v) is 9.92. The Labute approximate surface area is 95.4 Å². The van der Waals surface area contributed by atoms with Gasteiger partial charge in [0.2, 0.25) is 0 Å². The molecule has 0 atom stereocenters. The van der Waals surface area contributed by atoms with Crippen molar-refractivity contribution in [1.29, 1.82) is 0 Å². The van der Waals surface area contributed by atoms with Gasteiger partial charge in [-0.3, -0.25) is 4.79 Å². The van der Waals surface area contributed by atoms with Gasteiger partial charge in [0.25, 0.3) is 0 Å². The quantitative estimate of drug-likeness (QED) is 0.735. The van der Waals surface area contributed by atoms with Crippen LogP contribution < -0.4 is 0 Å². The minimum absolute atomic E-state index is 0.217. The summed E-state index contributed by atoms with van der Waals surface area (Å²) >= 11 is 0. The Bertz CT molecular complexity index is 372. The topological polar surface area (TPSA) is 26.3 Å². The lowest BCUT2D eigenvalue weighted by Crippen LogP contribution is -2.03. The van der Waals surface area contributed by atoms with Crippen LogP contribution in [0.25, 0.3) is 0 Å². The fraction of sp³-hybridized carbons (Fsp3) is 0.462. The van der Waals surface area contributed by atoms with Gasteiger partial charge in [-0.15, -0.1) is 0 Å². The van der Waals surface area contributed by atoms with E-state index in [4.69, 9.17) is 0 Å². The zero-order valence-electron chi connectivity index (χ0n) is 9.92. The lowest BCUT2D eigenvalue weighted by molar-refractivity contribution is -0.140. The van der Waals surface area contributed by atoms with Crippen LogP contribution in [0.4, 0.5) is 4.39 Å². The van der Waals surface area contributed by atoms with Gasteiger partial charge in [0.05, 0.1) is 7.11 Å². The molecule has 0 heterocycles. The lowest BCUT2D eigenvalue weighted by atomic mass is 9.98. The molecule has 0 spiro atoms. The first-order valence-corrected chi connectivity index (χ1v) is 5.39. The third-order valence-corrected chi connectivity index (χ3v) is 2.56. The number of halogens is 1. The van der Waals surface area contributed by atoms with E-state index in [1.165, 1.54) is 13.2 Å². The number of rotatable bonds is 4. The molecule has 0 aromatic heterocycles. The predicted molar refractivity (Wildman–Crippen MR) is 60.8 cm³/mol. The summed E-state index contributed by atoms with van der Waals surface area (Å²) in [5.74, 6) is -0.208. The van der Waals surface area contributed by atoms with Crippen LogP contribution in [-0.2, 0) is 16.0 Å². The standard InChI is InChI=1S/C13H17FO2/c1-9(2)10-4-6-12(14)11(8-10)5-7-13(15)16-3/h4,6,8-9H,5,7H2,1-3H3. The smallest absolute Gasteiger partial charge is 0.305 e. The molecule has 0 bridgehead atoms. The van der Waals surface area contributed by atoms with Crippen LogP contribution in [0, 0.1) is 5.82 Å². The molecule has 0 aliphatic carbocycles. The van der Waals surface area contributed by atoms with Crippen molar-refractivity contribution < 1.29 is 13.9 Å². The highest BCUT2D eigenvalue weighted by atomic mass is 19.1. The van der Waals surface area contributed by atoms with Gasteiger partial charge in [-0.25, -0.2) is 4.39 Å². The molecule has 2 nitrogen and oxygen atoms in total. The van der Waals surface area contributed by atoms with Gasteiger partial charge < -0.3 is 4.74 Å². The molecule has 0 saturated heterocycles. The zero-order chi connectivity index (χ0) is 12.1. The summed E-state index contributed by atoms with van der Waals surface area (Å²) < 4.78 is 18.0. The average molecular weight is 224 g/mol. The average Bonchev–Trinajstić information content (AvgIpc) is 2.27. The molecule has 0 aliphatic rings. The van der Waals surface area contributed by atoms with Gasteiger partial charge in [-0.05, 0) is 29.5 Å². The molecular weight excluding hydrogens is 207 g/mol. The number of benzene rings is 1. The van der Waals surface area contributed by atoms with Crippen LogP contribution in [0.2, 0.25) is 0 Å². The van der Waals surface area contributed by atoms with Gasteiger partial charge in [-0.2, -0.15) is 0 Å². The molecule has 0 N–H and O–H groups in total. The molecule has 3 heteroatoms. The predicted octanol–water partition coefficient (Wildman–Crippen LogP) is 3.05. The highest BCUT2D eigenvalue weighted by molar-refractivity contribution is 5.69. The normalized spacial score (nSPS) is 10.6. The lowest BCUT2D eigenvalue weighted by Gasteiger charge is -2.09. The summed E-state index contributed by atoms with van der Waals surface area (Å²) in [6.45, 7) is 4.11. The highest BCUT2D eigenvalue weighted by Gasteiger charge is 2.08. The van der Waals surface area contributed by atoms with Crippen molar-refractivity contribution in [3.05, 3.63) is 35.1 Å². The highest BCUT2D eigenvalue weighted by Crippen LogP contribution is 2.19. The van der Waals surface area contributed by atoms with Crippen LogP contribution >= 0.6 is 0 Å². The van der Waals surface area contributed by atoms with E-state index in [0.29, 0.717) is 17.9 Å². The molecule has 0 amide bonds. The Morgan fingerprint density at radius 3 is 2.69 bits per heavy atom. The molecule has 0 aliphatic heterocycles. The number of hydrogen-bond donors (Lipinski definition) is 0. The van der Waals surface area contributed by atoms with E-state index in [2.05, 4.69) is 18.6 Å². The van der Waals surface area contributed by atoms with Crippen molar-refractivity contribution in [3.8, 4) is 0 Å². The van der Waals surface area contributed by atoms with Gasteiger partial charge in [0.1, 0.15) is 5.82 Å². The van der Waals surface area contributed by atoms with Gasteiger partial charge >= 0.3 is 5.97 Å². The Kier molecular flexibility index (Phi) is 4.47. The van der Waals surface area contributed by atoms with Crippen LogP contribution in [0.3, 0.4) is 0 Å². The summed E-state index contributed by atoms with van der Waals surface area (Å²) in [5, 5.41) is 0. The molecule has 1 aromatic rings. The molecule has 0 saturated carbocycles. The Morgan fingerprint density at radius 2 is 2.12 bits per heavy atom. The first-order chi connectivity index (χ1) is 7.54. The second-order valence-corrected chi connectivity index (χ2v) is 4.08. The van der Waals surface area contributed by atoms with E-state index < -0.39 is 0 Å². The van der Waals surface area contributed by atoms with Crippen LogP contribution in [0.15, 0.2) is 18.2 Å². The number of aryl methyl sites for hydroxylation is 1. The number of carbonyl (C=O) groups excluding carboxylic acids is 1. The third-order valence-electron chi connectivity index (χ3n) is 2.56. The van der Waals surface area contributed by atoms with Crippen LogP contribution in [-0.4, -0.2) is 13.1 Å². The maximum atomic E-state index is 13.4. The molecule has 0 unspecified atom stereocenters. The van der Waals surface area contributed by atoms with E-state index in [-0.39, 0.29) is 18.2 Å². The van der Waals surface area contributed by atoms with Crippen molar-refractivity contribution in [3.63, 3.8) is 0 Å². The monoisotopic (exact) mass is 224 g/mol. The van der Waals surface area contributed by atoms with E-state index in [1.54, 1.807) is 6.07 Å². The molecule has 88 valence electrons. The SMILES string of the molecule is COC(=O)CCc1cc(C(C)C)ccc1F. The maximum absolute atomic E-state index is 13.4. The number of esters is 1. The molecule has 0 fully saturated rings. The van der Waals surface area contributed by atoms with E-state index in [0.717, 1.165) is 5.56 Å². The maximum Gasteiger partial charge on any atom is 0.305 e. The van der Waals surface area contributed by atoms with Gasteiger partial charge in [0.15, 0.2) is 0 Å². The van der Waals surface area contributed by atoms with E-state index >= 15 is 0 Å². The fourth-order valence-corrected chi connectivity index (χ4v) is 1.48. The first kappa shape index (κ1) is 12.7. The second-order valence-electron chi connectivity index (χ2n) is 4.08. The minimum atomic E-state index is -0.311. The number of methoxy groups -OCH3 is 1. The van der Waals surface area contributed by atoms with Crippen molar-refractivity contribution in [2.45, 2.75) is 32.6 Å². The molecule has 0 radical (unpaired) electrons. The Balaban J connectivity index is 2.78. The first-order valence-electron chi connectivity index (χ1n) is 5.39. The van der Waals surface area contributed by atoms with Crippen molar-refractivity contribution in [2.75, 3.05) is 7.11 Å². The minimum Gasteiger partial charge on any atom is -0.469 e. The molecule has 16 heavy (non-hydrogen) atoms. The van der Waals surface area contributed by atoms with Crippen LogP contribution in [0.1, 0.15) is 37.3 Å². The molecular formula is C13H17FO2.